The quantitative estimate of drug-likeness (QED) is 0.345. The summed E-state index contributed by atoms with van der Waals surface area (Å²) >= 11 is 0. The second-order valence-electron chi connectivity index (χ2n) is 6.89. The molecule has 2 N–H and O–H groups in total. The van der Waals surface area contributed by atoms with Crippen molar-refractivity contribution in [3.63, 3.8) is 0 Å². The van der Waals surface area contributed by atoms with Gasteiger partial charge in [-0.15, -0.1) is 24.0 Å². The number of methoxy groups -OCH3 is 1. The van der Waals surface area contributed by atoms with Crippen LogP contribution in [0.4, 0.5) is 0 Å². The Morgan fingerprint density at radius 3 is 2.68 bits per heavy atom. The zero-order valence-corrected chi connectivity index (χ0v) is 19.9. The number of nitrogens with zero attached hydrogens (tertiary/aromatic N) is 4. The van der Waals surface area contributed by atoms with Crippen LogP contribution in [0.25, 0.3) is 0 Å². The number of hydrogen-bond acceptors (Lipinski definition) is 4. The molecule has 0 aliphatic carbocycles. The minimum atomic E-state index is 0. The van der Waals surface area contributed by atoms with Crippen molar-refractivity contribution in [1.29, 1.82) is 0 Å². The highest BCUT2D eigenvalue weighted by Gasteiger charge is 2.15. The first-order valence-corrected chi connectivity index (χ1v) is 9.23. The number of phenols is 1. The fraction of sp³-hybridized carbons (Fsp3) is 0.500. The number of guanidine groups is 1. The van der Waals surface area contributed by atoms with Gasteiger partial charge < -0.3 is 20.1 Å². The molecule has 8 heteroatoms. The van der Waals surface area contributed by atoms with Crippen molar-refractivity contribution < 1.29 is 9.84 Å². The fourth-order valence-electron chi connectivity index (χ4n) is 2.94. The lowest BCUT2D eigenvalue weighted by Gasteiger charge is -2.22. The van der Waals surface area contributed by atoms with Crippen LogP contribution in [0.2, 0.25) is 0 Å². The predicted molar refractivity (Wildman–Crippen MR) is 124 cm³/mol. The number of rotatable bonds is 7. The van der Waals surface area contributed by atoms with Gasteiger partial charge in [-0.05, 0) is 31.0 Å². The number of benzene rings is 1. The maximum Gasteiger partial charge on any atom is 0.194 e. The van der Waals surface area contributed by atoms with Gasteiger partial charge in [0, 0.05) is 44.5 Å². The zero-order chi connectivity index (χ0) is 20.0. The topological polar surface area (TPSA) is 74.9 Å². The summed E-state index contributed by atoms with van der Waals surface area (Å²) in [5.41, 5.74) is 3.01. The second kappa shape index (κ2) is 11.1. The van der Waals surface area contributed by atoms with E-state index in [9.17, 15) is 5.11 Å². The predicted octanol–water partition coefficient (Wildman–Crippen LogP) is 3.47. The molecule has 2 rings (SSSR count). The van der Waals surface area contributed by atoms with Gasteiger partial charge in [-0.3, -0.25) is 4.68 Å². The van der Waals surface area contributed by atoms with Crippen molar-refractivity contribution in [3.8, 4) is 11.5 Å². The summed E-state index contributed by atoms with van der Waals surface area (Å²) in [4.78, 5) is 6.76. The Labute approximate surface area is 184 Å². The van der Waals surface area contributed by atoms with Crippen LogP contribution in [0.1, 0.15) is 43.5 Å². The molecule has 0 aliphatic heterocycles. The molecular weight excluding hydrogens is 469 g/mol. The number of aromatic nitrogens is 2. The van der Waals surface area contributed by atoms with E-state index in [2.05, 4.69) is 40.4 Å². The van der Waals surface area contributed by atoms with Gasteiger partial charge in [0.25, 0.3) is 0 Å². The number of nitrogens with one attached hydrogen (secondary N) is 1. The normalized spacial score (nSPS) is 11.3. The summed E-state index contributed by atoms with van der Waals surface area (Å²) in [6.45, 7) is 8.16. The third-order valence-corrected chi connectivity index (χ3v) is 4.27. The molecule has 0 unspecified atom stereocenters. The lowest BCUT2D eigenvalue weighted by Crippen LogP contribution is -2.38. The Balaban J connectivity index is 0.00000392. The summed E-state index contributed by atoms with van der Waals surface area (Å²) in [5.74, 6) is 2.06. The Bertz CT molecular complexity index is 789. The van der Waals surface area contributed by atoms with Gasteiger partial charge in [-0.1, -0.05) is 13.8 Å². The standard InChI is InChI=1S/C20H31N5O2.HI/c1-7-21-20(22-11-15-10-17(27-6)8-9-18(15)26)24(4)12-16-13-25(5)23-19(16)14(2)3;/h8-10,13-14,26H,7,11-12H2,1-6H3,(H,21,22);1H. The monoisotopic (exact) mass is 501 g/mol. The number of ether oxygens (including phenoxy) is 1. The van der Waals surface area contributed by atoms with Crippen molar-refractivity contribution in [3.05, 3.63) is 41.2 Å². The van der Waals surface area contributed by atoms with Gasteiger partial charge in [0.05, 0.1) is 19.3 Å². The number of aromatic hydroxyl groups is 1. The number of halogens is 1. The summed E-state index contributed by atoms with van der Waals surface area (Å²) in [6.07, 6.45) is 2.06. The fourth-order valence-corrected chi connectivity index (χ4v) is 2.94. The van der Waals surface area contributed by atoms with E-state index in [1.54, 1.807) is 25.3 Å². The molecule has 28 heavy (non-hydrogen) atoms. The van der Waals surface area contributed by atoms with Gasteiger partial charge in [0.2, 0.25) is 0 Å². The highest BCUT2D eigenvalue weighted by molar-refractivity contribution is 14.0. The van der Waals surface area contributed by atoms with Crippen molar-refractivity contribution in [2.45, 2.75) is 39.8 Å². The lowest BCUT2D eigenvalue weighted by atomic mass is 10.1. The number of phenolic OH excluding ortho intramolecular Hbond substituents is 1. The average molecular weight is 501 g/mol. The first-order chi connectivity index (χ1) is 12.8. The van der Waals surface area contributed by atoms with E-state index < -0.39 is 0 Å². The number of aryl methyl sites for hydroxylation is 1. The van der Waals surface area contributed by atoms with Gasteiger partial charge in [-0.25, -0.2) is 4.99 Å². The summed E-state index contributed by atoms with van der Waals surface area (Å²) in [7, 11) is 5.56. The zero-order valence-electron chi connectivity index (χ0n) is 17.6. The molecule has 0 amide bonds. The van der Waals surface area contributed by atoms with E-state index in [1.807, 2.05) is 25.7 Å². The van der Waals surface area contributed by atoms with E-state index in [0.29, 0.717) is 24.8 Å². The molecule has 7 nitrogen and oxygen atoms in total. The first kappa shape index (κ1) is 24.1. The third kappa shape index (κ3) is 6.29. The van der Waals surface area contributed by atoms with E-state index in [4.69, 9.17) is 4.74 Å². The third-order valence-electron chi connectivity index (χ3n) is 4.27. The van der Waals surface area contributed by atoms with Crippen molar-refractivity contribution in [2.75, 3.05) is 20.7 Å². The van der Waals surface area contributed by atoms with Crippen LogP contribution in [0.15, 0.2) is 29.4 Å². The van der Waals surface area contributed by atoms with E-state index in [1.165, 1.54) is 5.56 Å². The molecule has 1 heterocycles. The van der Waals surface area contributed by atoms with Crippen molar-refractivity contribution in [1.82, 2.24) is 20.0 Å². The van der Waals surface area contributed by atoms with Gasteiger partial charge in [0.1, 0.15) is 11.5 Å². The van der Waals surface area contributed by atoms with E-state index >= 15 is 0 Å². The second-order valence-corrected chi connectivity index (χ2v) is 6.89. The van der Waals surface area contributed by atoms with Gasteiger partial charge >= 0.3 is 0 Å². The molecular formula is C20H32IN5O2. The molecule has 2 aromatic rings. The largest absolute Gasteiger partial charge is 0.508 e. The molecule has 1 aromatic carbocycles. The van der Waals surface area contributed by atoms with Crippen LogP contribution in [-0.4, -0.2) is 46.4 Å². The van der Waals surface area contributed by atoms with E-state index in [-0.39, 0.29) is 29.7 Å². The summed E-state index contributed by atoms with van der Waals surface area (Å²) < 4.78 is 7.09. The highest BCUT2D eigenvalue weighted by atomic mass is 127. The lowest BCUT2D eigenvalue weighted by molar-refractivity contribution is 0.410. The Hall–Kier alpha value is -1.97. The minimum absolute atomic E-state index is 0. The van der Waals surface area contributed by atoms with Gasteiger partial charge in [0.15, 0.2) is 5.96 Å². The van der Waals surface area contributed by atoms with Gasteiger partial charge in [-0.2, -0.15) is 5.10 Å². The van der Waals surface area contributed by atoms with Crippen LogP contribution in [0.5, 0.6) is 11.5 Å². The molecule has 0 atom stereocenters. The Kier molecular flexibility index (Phi) is 9.57. The molecule has 0 fully saturated rings. The van der Waals surface area contributed by atoms with Crippen LogP contribution in [-0.2, 0) is 20.1 Å². The Morgan fingerprint density at radius 1 is 1.36 bits per heavy atom. The van der Waals surface area contributed by atoms with Crippen LogP contribution in [0.3, 0.4) is 0 Å². The molecule has 0 radical (unpaired) electrons. The minimum Gasteiger partial charge on any atom is -0.508 e. The first-order valence-electron chi connectivity index (χ1n) is 9.23. The summed E-state index contributed by atoms with van der Waals surface area (Å²) in [6, 6.07) is 5.17. The number of hydrogen-bond donors (Lipinski definition) is 2. The molecule has 0 saturated heterocycles. The van der Waals surface area contributed by atoms with Crippen molar-refractivity contribution in [2.24, 2.45) is 12.0 Å². The Morgan fingerprint density at radius 2 is 2.07 bits per heavy atom. The molecule has 1 aromatic heterocycles. The molecule has 0 spiro atoms. The van der Waals surface area contributed by atoms with Crippen molar-refractivity contribution >= 4 is 29.9 Å². The molecule has 0 saturated carbocycles. The average Bonchev–Trinajstić information content (AvgIpc) is 3.00. The van der Waals surface area contributed by atoms with E-state index in [0.717, 1.165) is 23.8 Å². The summed E-state index contributed by atoms with van der Waals surface area (Å²) in [5, 5.41) is 18.0. The molecule has 0 bridgehead atoms. The smallest absolute Gasteiger partial charge is 0.194 e. The SMILES string of the molecule is CCNC(=NCc1cc(OC)ccc1O)N(C)Cc1cn(C)nc1C(C)C.I. The number of aliphatic imine (C=N–C) groups is 1. The van der Waals surface area contributed by atoms with Crippen LogP contribution >= 0.6 is 24.0 Å². The highest BCUT2D eigenvalue weighted by Crippen LogP contribution is 2.24. The molecule has 0 aliphatic rings. The molecule has 156 valence electrons. The maximum absolute atomic E-state index is 10.1. The van der Waals surface area contributed by atoms with Crippen LogP contribution < -0.4 is 10.1 Å². The van der Waals surface area contributed by atoms with Crippen LogP contribution in [0, 0.1) is 0 Å². The maximum atomic E-state index is 10.1.